The number of carbonyl (C=O) groups is 1. The van der Waals surface area contributed by atoms with Crippen molar-refractivity contribution in [1.29, 1.82) is 0 Å². The van der Waals surface area contributed by atoms with Gasteiger partial charge >= 0.3 is 0 Å². The highest BCUT2D eigenvalue weighted by atomic mass is 16.5. The molecule has 3 atom stereocenters. The molecule has 1 amide bonds. The molecule has 0 unspecified atom stereocenters. The lowest BCUT2D eigenvalue weighted by Crippen LogP contribution is -2.49. The van der Waals surface area contributed by atoms with Crippen LogP contribution in [0, 0.1) is 5.92 Å². The van der Waals surface area contributed by atoms with Crippen LogP contribution in [0.1, 0.15) is 31.4 Å². The maximum Gasteiger partial charge on any atom is 0.251 e. The van der Waals surface area contributed by atoms with Crippen molar-refractivity contribution in [3.05, 3.63) is 30.1 Å². The van der Waals surface area contributed by atoms with Crippen LogP contribution in [0.5, 0.6) is 0 Å². The third kappa shape index (κ3) is 3.92. The zero-order valence-electron chi connectivity index (χ0n) is 15.5. The molecule has 0 spiro atoms. The van der Waals surface area contributed by atoms with Gasteiger partial charge in [0.25, 0.3) is 5.91 Å². The van der Waals surface area contributed by atoms with Gasteiger partial charge in [-0.15, -0.1) is 0 Å². The molecule has 0 radical (unpaired) electrons. The Balaban J connectivity index is 1.32. The van der Waals surface area contributed by atoms with Gasteiger partial charge in [0, 0.05) is 39.0 Å². The summed E-state index contributed by atoms with van der Waals surface area (Å²) in [6.45, 7) is 4.36. The van der Waals surface area contributed by atoms with Crippen LogP contribution < -0.4 is 0 Å². The van der Waals surface area contributed by atoms with Crippen molar-refractivity contribution >= 4 is 5.91 Å². The van der Waals surface area contributed by atoms with Crippen molar-refractivity contribution in [2.45, 2.75) is 50.5 Å². The summed E-state index contributed by atoms with van der Waals surface area (Å²) >= 11 is 0. The third-order valence-corrected chi connectivity index (χ3v) is 6.07. The third-order valence-electron chi connectivity index (χ3n) is 6.07. The average molecular weight is 359 g/mol. The molecule has 0 N–H and O–H groups in total. The second kappa shape index (κ2) is 8.03. The Morgan fingerprint density at radius 2 is 2.15 bits per heavy atom. The first-order chi connectivity index (χ1) is 12.7. The number of hydrogen-bond donors (Lipinski definition) is 0. The molecule has 4 rings (SSSR count). The first-order valence-electron chi connectivity index (χ1n) is 9.83. The quantitative estimate of drug-likeness (QED) is 0.819. The molecule has 6 heteroatoms. The average Bonchev–Trinajstić information content (AvgIpc) is 3.12. The fourth-order valence-corrected chi connectivity index (χ4v) is 4.55. The van der Waals surface area contributed by atoms with Gasteiger partial charge < -0.3 is 14.4 Å². The maximum atomic E-state index is 12.8. The molecule has 0 bridgehead atoms. The predicted molar refractivity (Wildman–Crippen MR) is 97.5 cm³/mol. The van der Waals surface area contributed by atoms with Gasteiger partial charge in [0.2, 0.25) is 0 Å². The molecule has 142 valence electrons. The standard InChI is InChI=1S/C20H29N3O3/c1-22(13-16-4-2-3-8-21-16)20(24)18-12-15-5-9-23(14-19(15)26-18)17-6-10-25-11-7-17/h2-4,8,15,17-19H,5-7,9-14H2,1H3/t15-,18+,19-/m1/s1. The van der Waals surface area contributed by atoms with Gasteiger partial charge in [-0.25, -0.2) is 0 Å². The monoisotopic (exact) mass is 359 g/mol. The van der Waals surface area contributed by atoms with Crippen molar-refractivity contribution in [3.63, 3.8) is 0 Å². The summed E-state index contributed by atoms with van der Waals surface area (Å²) in [5.41, 5.74) is 0.907. The van der Waals surface area contributed by atoms with Crippen LogP contribution in [0.4, 0.5) is 0 Å². The predicted octanol–water partition coefficient (Wildman–Crippen LogP) is 1.70. The Morgan fingerprint density at radius 3 is 2.92 bits per heavy atom. The van der Waals surface area contributed by atoms with E-state index in [0.29, 0.717) is 18.5 Å². The molecular formula is C20H29N3O3. The van der Waals surface area contributed by atoms with Crippen LogP contribution in [-0.2, 0) is 20.8 Å². The first-order valence-corrected chi connectivity index (χ1v) is 9.83. The van der Waals surface area contributed by atoms with E-state index < -0.39 is 0 Å². The summed E-state index contributed by atoms with van der Waals surface area (Å²) in [6, 6.07) is 6.41. The van der Waals surface area contributed by atoms with Crippen molar-refractivity contribution in [2.24, 2.45) is 5.92 Å². The smallest absolute Gasteiger partial charge is 0.251 e. The minimum Gasteiger partial charge on any atom is -0.381 e. The van der Waals surface area contributed by atoms with E-state index in [1.807, 2.05) is 25.2 Å². The van der Waals surface area contributed by atoms with Crippen LogP contribution in [0.2, 0.25) is 0 Å². The number of rotatable bonds is 4. The number of fused-ring (bicyclic) bond motifs is 1. The number of likely N-dealkylation sites (N-methyl/N-ethyl adjacent to an activating group) is 1. The molecule has 3 fully saturated rings. The van der Waals surface area contributed by atoms with E-state index in [1.54, 1.807) is 11.1 Å². The summed E-state index contributed by atoms with van der Waals surface area (Å²) in [7, 11) is 1.84. The van der Waals surface area contributed by atoms with E-state index >= 15 is 0 Å². The highest BCUT2D eigenvalue weighted by Crippen LogP contribution is 2.35. The highest BCUT2D eigenvalue weighted by molar-refractivity contribution is 5.81. The van der Waals surface area contributed by atoms with Gasteiger partial charge in [-0.05, 0) is 50.3 Å². The van der Waals surface area contributed by atoms with E-state index in [-0.39, 0.29) is 18.1 Å². The Bertz CT molecular complexity index is 606. The Hall–Kier alpha value is -1.50. The molecule has 1 aromatic rings. The van der Waals surface area contributed by atoms with Gasteiger partial charge in [-0.2, -0.15) is 0 Å². The second-order valence-corrected chi connectivity index (χ2v) is 7.80. The fraction of sp³-hybridized carbons (Fsp3) is 0.700. The normalized spacial score (nSPS) is 30.1. The number of aromatic nitrogens is 1. The summed E-state index contributed by atoms with van der Waals surface area (Å²) in [4.78, 5) is 21.4. The molecule has 4 heterocycles. The minimum atomic E-state index is -0.298. The lowest BCUT2D eigenvalue weighted by atomic mass is 9.90. The lowest BCUT2D eigenvalue weighted by Gasteiger charge is -2.40. The van der Waals surface area contributed by atoms with Gasteiger partial charge in [0.05, 0.1) is 18.3 Å². The topological polar surface area (TPSA) is 54.9 Å². The molecule has 3 aliphatic rings. The Labute approximate surface area is 155 Å². The van der Waals surface area contributed by atoms with Crippen LogP contribution in [0.15, 0.2) is 24.4 Å². The van der Waals surface area contributed by atoms with Gasteiger partial charge in [-0.1, -0.05) is 6.07 Å². The van der Waals surface area contributed by atoms with Crippen LogP contribution in [0.3, 0.4) is 0 Å². The molecule has 6 nitrogen and oxygen atoms in total. The van der Waals surface area contributed by atoms with Gasteiger partial charge in [0.15, 0.2) is 0 Å². The summed E-state index contributed by atoms with van der Waals surface area (Å²) in [5, 5.41) is 0. The number of ether oxygens (including phenoxy) is 2. The SMILES string of the molecule is CN(Cc1ccccn1)C(=O)[C@@H]1C[C@H]2CCN(C3CCOCC3)C[C@H]2O1. The van der Waals surface area contributed by atoms with E-state index in [4.69, 9.17) is 9.47 Å². The van der Waals surface area contributed by atoms with Crippen molar-refractivity contribution < 1.29 is 14.3 Å². The zero-order valence-corrected chi connectivity index (χ0v) is 15.5. The molecule has 1 aromatic heterocycles. The molecule has 0 saturated carbocycles. The number of pyridine rings is 1. The van der Waals surface area contributed by atoms with Crippen molar-refractivity contribution in [2.75, 3.05) is 33.4 Å². The van der Waals surface area contributed by atoms with E-state index in [9.17, 15) is 4.79 Å². The number of carbonyl (C=O) groups excluding carboxylic acids is 1. The Kier molecular flexibility index (Phi) is 5.52. The van der Waals surface area contributed by atoms with Crippen LogP contribution in [0.25, 0.3) is 0 Å². The van der Waals surface area contributed by atoms with E-state index in [1.165, 1.54) is 0 Å². The van der Waals surface area contributed by atoms with Crippen LogP contribution >= 0.6 is 0 Å². The van der Waals surface area contributed by atoms with Crippen molar-refractivity contribution in [1.82, 2.24) is 14.8 Å². The molecule has 0 aliphatic carbocycles. The van der Waals surface area contributed by atoms with E-state index in [0.717, 1.165) is 57.7 Å². The summed E-state index contributed by atoms with van der Waals surface area (Å²) in [5.74, 6) is 0.603. The van der Waals surface area contributed by atoms with Gasteiger partial charge in [0.1, 0.15) is 6.10 Å². The first kappa shape index (κ1) is 17.9. The van der Waals surface area contributed by atoms with Crippen LogP contribution in [-0.4, -0.2) is 72.3 Å². The number of piperidine rings is 1. The molecule has 3 saturated heterocycles. The molecule has 26 heavy (non-hydrogen) atoms. The number of likely N-dealkylation sites (tertiary alicyclic amines) is 1. The number of nitrogens with zero attached hydrogens (tertiary/aromatic N) is 3. The fourth-order valence-electron chi connectivity index (χ4n) is 4.55. The molecular weight excluding hydrogens is 330 g/mol. The number of amides is 1. The van der Waals surface area contributed by atoms with Gasteiger partial charge in [-0.3, -0.25) is 14.7 Å². The minimum absolute atomic E-state index is 0.0858. The number of hydrogen-bond acceptors (Lipinski definition) is 5. The second-order valence-electron chi connectivity index (χ2n) is 7.80. The summed E-state index contributed by atoms with van der Waals surface area (Å²) in [6.07, 6.45) is 5.89. The maximum absolute atomic E-state index is 12.8. The Morgan fingerprint density at radius 1 is 1.31 bits per heavy atom. The zero-order chi connectivity index (χ0) is 17.9. The molecule has 3 aliphatic heterocycles. The van der Waals surface area contributed by atoms with E-state index in [2.05, 4.69) is 9.88 Å². The molecule has 0 aromatic carbocycles. The lowest BCUT2D eigenvalue weighted by molar-refractivity contribution is -0.143. The van der Waals surface area contributed by atoms with Crippen molar-refractivity contribution in [3.8, 4) is 0 Å². The summed E-state index contributed by atoms with van der Waals surface area (Å²) < 4.78 is 11.7. The highest BCUT2D eigenvalue weighted by Gasteiger charge is 2.43. The largest absolute Gasteiger partial charge is 0.381 e.